The number of nitrogen functional groups attached to an aromatic ring is 1. The fourth-order valence-corrected chi connectivity index (χ4v) is 3.31. The molecule has 0 bridgehead atoms. The van der Waals surface area contributed by atoms with E-state index in [0.29, 0.717) is 6.10 Å². The highest BCUT2D eigenvalue weighted by atomic mass is 79.9. The molecule has 0 saturated carbocycles. The number of nitrogens with two attached hydrogens (primary N) is 1. The number of thioether (sulfide) groups is 1. The Hall–Kier alpha value is -0.260. The zero-order chi connectivity index (χ0) is 11.5. The average Bonchev–Trinajstić information content (AvgIpc) is 2.78. The Morgan fingerprint density at radius 1 is 1.69 bits per heavy atom. The lowest BCUT2D eigenvalue weighted by molar-refractivity contribution is 0.129. The van der Waals surface area contributed by atoms with Gasteiger partial charge in [-0.05, 0) is 41.3 Å². The van der Waals surface area contributed by atoms with Crippen molar-refractivity contribution in [3.63, 3.8) is 0 Å². The standard InChI is InChI=1S/C11H15BrN2OS/c1-7-9(13)5-14-11(10(7)12)16-6-8-3-2-4-15-8/h5,8H,2-4,6,13H2,1H3. The van der Waals surface area contributed by atoms with Gasteiger partial charge < -0.3 is 10.5 Å². The maximum absolute atomic E-state index is 5.78. The van der Waals surface area contributed by atoms with Crippen molar-refractivity contribution >= 4 is 33.4 Å². The molecule has 0 spiro atoms. The maximum Gasteiger partial charge on any atom is 0.111 e. The summed E-state index contributed by atoms with van der Waals surface area (Å²) in [6.07, 6.45) is 4.45. The third-order valence-electron chi connectivity index (χ3n) is 2.70. The van der Waals surface area contributed by atoms with Gasteiger partial charge in [0.2, 0.25) is 0 Å². The van der Waals surface area contributed by atoms with Gasteiger partial charge >= 0.3 is 0 Å². The van der Waals surface area contributed by atoms with Gasteiger partial charge in [0.05, 0.1) is 22.5 Å². The Balaban J connectivity index is 2.01. The van der Waals surface area contributed by atoms with Crippen molar-refractivity contribution in [1.29, 1.82) is 0 Å². The van der Waals surface area contributed by atoms with Crippen LogP contribution in [0.4, 0.5) is 5.69 Å². The van der Waals surface area contributed by atoms with Crippen LogP contribution >= 0.6 is 27.7 Å². The molecule has 1 atom stereocenters. The summed E-state index contributed by atoms with van der Waals surface area (Å²) in [5, 5.41) is 1.00. The van der Waals surface area contributed by atoms with Crippen molar-refractivity contribution < 1.29 is 4.74 Å². The molecule has 1 fully saturated rings. The second kappa shape index (κ2) is 5.38. The molecule has 16 heavy (non-hydrogen) atoms. The van der Waals surface area contributed by atoms with Crippen LogP contribution in [-0.2, 0) is 4.74 Å². The SMILES string of the molecule is Cc1c(N)cnc(SCC2CCCO2)c1Br. The molecule has 2 heterocycles. The predicted molar refractivity (Wildman–Crippen MR) is 70.8 cm³/mol. The number of rotatable bonds is 3. The van der Waals surface area contributed by atoms with Crippen LogP contribution in [0.5, 0.6) is 0 Å². The van der Waals surface area contributed by atoms with Crippen LogP contribution in [0, 0.1) is 6.92 Å². The topological polar surface area (TPSA) is 48.1 Å². The molecule has 0 aliphatic carbocycles. The van der Waals surface area contributed by atoms with E-state index in [1.165, 1.54) is 12.8 Å². The number of halogens is 1. The molecule has 2 N–H and O–H groups in total. The fraction of sp³-hybridized carbons (Fsp3) is 0.545. The first-order valence-corrected chi connectivity index (χ1v) is 7.11. The summed E-state index contributed by atoms with van der Waals surface area (Å²) in [5.41, 5.74) is 7.57. The molecule has 1 aliphatic rings. The van der Waals surface area contributed by atoms with Gasteiger partial charge in [-0.2, -0.15) is 0 Å². The number of ether oxygens (including phenoxy) is 1. The van der Waals surface area contributed by atoms with Crippen LogP contribution in [0.1, 0.15) is 18.4 Å². The molecule has 1 saturated heterocycles. The van der Waals surface area contributed by atoms with Crippen LogP contribution in [0.3, 0.4) is 0 Å². The molecule has 1 aliphatic heterocycles. The monoisotopic (exact) mass is 302 g/mol. The fourth-order valence-electron chi connectivity index (χ4n) is 1.62. The zero-order valence-corrected chi connectivity index (χ0v) is 11.6. The first-order chi connectivity index (χ1) is 7.68. The summed E-state index contributed by atoms with van der Waals surface area (Å²) in [5.74, 6) is 0.967. The summed E-state index contributed by atoms with van der Waals surface area (Å²) in [6.45, 7) is 2.90. The number of hydrogen-bond donors (Lipinski definition) is 1. The normalized spacial score (nSPS) is 20.2. The van der Waals surface area contributed by atoms with Crippen molar-refractivity contribution in [3.8, 4) is 0 Å². The molecule has 0 aromatic carbocycles. The van der Waals surface area contributed by atoms with Crippen molar-refractivity contribution in [3.05, 3.63) is 16.2 Å². The van der Waals surface area contributed by atoms with Gasteiger partial charge in [-0.3, -0.25) is 0 Å². The predicted octanol–water partition coefficient (Wildman–Crippen LogP) is 3.01. The minimum Gasteiger partial charge on any atom is -0.397 e. The lowest BCUT2D eigenvalue weighted by atomic mass is 10.3. The second-order valence-corrected chi connectivity index (χ2v) is 5.71. The third-order valence-corrected chi connectivity index (χ3v) is 5.06. The van der Waals surface area contributed by atoms with Crippen LogP contribution in [-0.4, -0.2) is 23.4 Å². The van der Waals surface area contributed by atoms with Gasteiger partial charge in [0, 0.05) is 12.4 Å². The van der Waals surface area contributed by atoms with Crippen molar-refractivity contribution in [2.45, 2.75) is 30.9 Å². The van der Waals surface area contributed by atoms with E-state index in [-0.39, 0.29) is 0 Å². The van der Waals surface area contributed by atoms with E-state index in [0.717, 1.165) is 33.1 Å². The van der Waals surface area contributed by atoms with Gasteiger partial charge in [-0.25, -0.2) is 4.98 Å². The molecular weight excluding hydrogens is 288 g/mol. The minimum atomic E-state index is 0.386. The highest BCUT2D eigenvalue weighted by Gasteiger charge is 2.17. The Morgan fingerprint density at radius 3 is 3.19 bits per heavy atom. The summed E-state index contributed by atoms with van der Waals surface area (Å²) in [4.78, 5) is 4.34. The Kier molecular flexibility index (Phi) is 4.10. The van der Waals surface area contributed by atoms with Gasteiger partial charge in [0.25, 0.3) is 0 Å². The molecule has 1 unspecified atom stereocenters. The quantitative estimate of drug-likeness (QED) is 0.872. The van der Waals surface area contributed by atoms with Gasteiger partial charge in [0.1, 0.15) is 5.03 Å². The molecule has 0 amide bonds. The van der Waals surface area contributed by atoms with Crippen molar-refractivity contribution in [2.75, 3.05) is 18.1 Å². The highest BCUT2D eigenvalue weighted by Crippen LogP contribution is 2.32. The number of anilines is 1. The van der Waals surface area contributed by atoms with E-state index < -0.39 is 0 Å². The van der Waals surface area contributed by atoms with E-state index >= 15 is 0 Å². The summed E-state index contributed by atoms with van der Waals surface area (Å²) < 4.78 is 6.59. The van der Waals surface area contributed by atoms with E-state index in [2.05, 4.69) is 20.9 Å². The Morgan fingerprint density at radius 2 is 2.50 bits per heavy atom. The smallest absolute Gasteiger partial charge is 0.111 e. The van der Waals surface area contributed by atoms with Crippen LogP contribution in [0.25, 0.3) is 0 Å². The van der Waals surface area contributed by atoms with Crippen molar-refractivity contribution in [2.24, 2.45) is 0 Å². The van der Waals surface area contributed by atoms with Crippen molar-refractivity contribution in [1.82, 2.24) is 4.98 Å². The number of hydrogen-bond acceptors (Lipinski definition) is 4. The molecule has 5 heteroatoms. The van der Waals surface area contributed by atoms with E-state index in [4.69, 9.17) is 10.5 Å². The summed E-state index contributed by atoms with van der Waals surface area (Å²) >= 11 is 5.27. The van der Waals surface area contributed by atoms with Crippen LogP contribution in [0.2, 0.25) is 0 Å². The van der Waals surface area contributed by atoms with Crippen LogP contribution in [0.15, 0.2) is 15.7 Å². The number of aromatic nitrogens is 1. The Bertz CT molecular complexity index is 380. The van der Waals surface area contributed by atoms with Gasteiger partial charge in [0.15, 0.2) is 0 Å². The second-order valence-electron chi connectivity index (χ2n) is 3.90. The maximum atomic E-state index is 5.78. The lowest BCUT2D eigenvalue weighted by Crippen LogP contribution is -2.08. The largest absolute Gasteiger partial charge is 0.397 e. The average molecular weight is 303 g/mol. The van der Waals surface area contributed by atoms with E-state index in [1.54, 1.807) is 18.0 Å². The lowest BCUT2D eigenvalue weighted by Gasteiger charge is -2.11. The van der Waals surface area contributed by atoms with Gasteiger partial charge in [-0.15, -0.1) is 11.8 Å². The number of pyridine rings is 1. The zero-order valence-electron chi connectivity index (χ0n) is 9.20. The van der Waals surface area contributed by atoms with Crippen LogP contribution < -0.4 is 5.73 Å². The summed E-state index contributed by atoms with van der Waals surface area (Å²) in [7, 11) is 0. The molecule has 1 aromatic heterocycles. The molecule has 0 radical (unpaired) electrons. The molecule has 88 valence electrons. The molecule has 2 rings (SSSR count). The third kappa shape index (κ3) is 2.70. The molecule has 1 aromatic rings. The van der Waals surface area contributed by atoms with E-state index in [1.807, 2.05) is 6.92 Å². The minimum absolute atomic E-state index is 0.386. The molecular formula is C11H15BrN2OS. The van der Waals surface area contributed by atoms with E-state index in [9.17, 15) is 0 Å². The first-order valence-electron chi connectivity index (χ1n) is 5.33. The number of nitrogens with zero attached hydrogens (tertiary/aromatic N) is 1. The first kappa shape index (κ1) is 12.2. The highest BCUT2D eigenvalue weighted by molar-refractivity contribution is 9.10. The molecule has 3 nitrogen and oxygen atoms in total. The summed E-state index contributed by atoms with van der Waals surface area (Å²) in [6, 6.07) is 0. The Labute approximate surface area is 108 Å². The van der Waals surface area contributed by atoms with Gasteiger partial charge in [-0.1, -0.05) is 0 Å².